The normalized spacial score (nSPS) is 11.9. The number of nitrogens with one attached hydrogen (secondary N) is 1. The van der Waals surface area contributed by atoms with Gasteiger partial charge in [0.15, 0.2) is 0 Å². The van der Waals surface area contributed by atoms with Gasteiger partial charge in [0, 0.05) is 11.1 Å². The smallest absolute Gasteiger partial charge is 0.276 e. The minimum absolute atomic E-state index is 0.173. The number of sulfonamides is 1. The third kappa shape index (κ3) is 7.46. The fourth-order valence-electron chi connectivity index (χ4n) is 3.37. The van der Waals surface area contributed by atoms with E-state index in [1.165, 1.54) is 25.7 Å². The maximum atomic E-state index is 12.7. The number of aryl methyl sites for hydroxylation is 1. The topological polar surface area (TPSA) is 67.8 Å². The van der Waals surface area contributed by atoms with Crippen molar-refractivity contribution in [1.29, 1.82) is 0 Å². The van der Waals surface area contributed by atoms with Crippen LogP contribution in [0.25, 0.3) is 0 Å². The van der Waals surface area contributed by atoms with Crippen molar-refractivity contribution < 1.29 is 13.2 Å². The molecule has 33 heavy (non-hydrogen) atoms. The van der Waals surface area contributed by atoms with Gasteiger partial charge in [-0.25, -0.2) is 0 Å². The monoisotopic (exact) mass is 464 g/mol. The lowest BCUT2D eigenvalue weighted by Gasteiger charge is -2.11. The van der Waals surface area contributed by atoms with E-state index in [1.54, 1.807) is 24.3 Å². The molecule has 0 spiro atoms. The largest absolute Gasteiger partial charge is 0.494 e. The van der Waals surface area contributed by atoms with Crippen molar-refractivity contribution in [3.05, 3.63) is 95.6 Å². The first-order valence-electron chi connectivity index (χ1n) is 11.4. The summed E-state index contributed by atoms with van der Waals surface area (Å²) in [5, 5.41) is 4.31. The summed E-state index contributed by atoms with van der Waals surface area (Å²) in [6.45, 7) is 4.81. The van der Waals surface area contributed by atoms with Crippen molar-refractivity contribution in [1.82, 2.24) is 4.83 Å². The summed E-state index contributed by atoms with van der Waals surface area (Å²) in [5.74, 6) is 0.793. The molecule has 0 heterocycles. The van der Waals surface area contributed by atoms with Gasteiger partial charge in [-0.15, -0.1) is 0 Å². The average molecular weight is 465 g/mol. The van der Waals surface area contributed by atoms with Gasteiger partial charge in [-0.1, -0.05) is 80.6 Å². The minimum atomic E-state index is -3.78. The molecule has 0 aromatic heterocycles. The molecule has 0 radical (unpaired) electrons. The van der Waals surface area contributed by atoms with Crippen LogP contribution in [0.1, 0.15) is 55.7 Å². The summed E-state index contributed by atoms with van der Waals surface area (Å²) in [7, 11) is -3.78. The second kappa shape index (κ2) is 12.2. The molecule has 174 valence electrons. The molecule has 0 saturated carbocycles. The third-order valence-corrected chi connectivity index (χ3v) is 6.52. The first-order valence-corrected chi connectivity index (χ1v) is 12.9. The van der Waals surface area contributed by atoms with Gasteiger partial charge in [-0.3, -0.25) is 0 Å². The maximum Gasteiger partial charge on any atom is 0.276 e. The van der Waals surface area contributed by atoms with Crippen LogP contribution in [-0.2, 0) is 10.0 Å². The zero-order chi connectivity index (χ0) is 23.5. The summed E-state index contributed by atoms with van der Waals surface area (Å²) < 4.78 is 31.3. The van der Waals surface area contributed by atoms with Gasteiger partial charge in [-0.2, -0.15) is 18.4 Å². The van der Waals surface area contributed by atoms with Crippen molar-refractivity contribution in [3.8, 4) is 5.75 Å². The van der Waals surface area contributed by atoms with Gasteiger partial charge in [0.2, 0.25) is 0 Å². The molecular formula is C27H32N2O3S. The van der Waals surface area contributed by atoms with Crippen molar-refractivity contribution in [2.24, 2.45) is 5.10 Å². The lowest BCUT2D eigenvalue weighted by Crippen LogP contribution is -2.21. The predicted octanol–water partition coefficient (Wildman–Crippen LogP) is 6.08. The number of hydrazone groups is 1. The lowest BCUT2D eigenvalue weighted by atomic mass is 10.0. The Morgan fingerprint density at radius 1 is 0.818 bits per heavy atom. The van der Waals surface area contributed by atoms with Crippen LogP contribution in [0.5, 0.6) is 5.75 Å². The Morgan fingerprint density at radius 3 is 2.12 bits per heavy atom. The Hall–Kier alpha value is -3.12. The molecule has 1 N–H and O–H groups in total. The van der Waals surface area contributed by atoms with Crippen molar-refractivity contribution in [2.45, 2.75) is 50.8 Å². The van der Waals surface area contributed by atoms with Crippen molar-refractivity contribution >= 4 is 15.7 Å². The summed E-state index contributed by atoms with van der Waals surface area (Å²) in [4.78, 5) is 2.57. The number of rotatable bonds is 12. The van der Waals surface area contributed by atoms with E-state index >= 15 is 0 Å². The molecule has 0 aliphatic heterocycles. The van der Waals surface area contributed by atoms with Crippen LogP contribution in [-0.4, -0.2) is 20.7 Å². The van der Waals surface area contributed by atoms with Gasteiger partial charge < -0.3 is 4.74 Å². The highest BCUT2D eigenvalue weighted by Crippen LogP contribution is 2.18. The van der Waals surface area contributed by atoms with E-state index in [-0.39, 0.29) is 4.90 Å². The molecule has 0 atom stereocenters. The van der Waals surface area contributed by atoms with E-state index in [0.717, 1.165) is 28.9 Å². The summed E-state index contributed by atoms with van der Waals surface area (Å²) >= 11 is 0. The minimum Gasteiger partial charge on any atom is -0.494 e. The van der Waals surface area contributed by atoms with Crippen molar-refractivity contribution in [3.63, 3.8) is 0 Å². The predicted molar refractivity (Wildman–Crippen MR) is 134 cm³/mol. The quantitative estimate of drug-likeness (QED) is 0.201. The van der Waals surface area contributed by atoms with E-state index in [9.17, 15) is 8.42 Å². The Morgan fingerprint density at radius 2 is 1.45 bits per heavy atom. The Labute approximate surface area is 197 Å². The summed E-state index contributed by atoms with van der Waals surface area (Å²) in [6.07, 6.45) is 5.96. The van der Waals surface area contributed by atoms with Crippen LogP contribution in [0.4, 0.5) is 0 Å². The molecule has 0 bridgehead atoms. The number of ether oxygens (including phenoxy) is 1. The second-order valence-corrected chi connectivity index (χ2v) is 9.68. The summed E-state index contributed by atoms with van der Waals surface area (Å²) in [6, 6.07) is 23.8. The van der Waals surface area contributed by atoms with E-state index in [0.29, 0.717) is 12.3 Å². The number of benzene rings is 3. The molecular weight excluding hydrogens is 432 g/mol. The van der Waals surface area contributed by atoms with Gasteiger partial charge in [0.1, 0.15) is 5.75 Å². The Balaban J connectivity index is 1.75. The second-order valence-electron chi connectivity index (χ2n) is 8.02. The molecule has 5 nitrogen and oxygen atoms in total. The number of nitrogens with zero attached hydrogens (tertiary/aromatic N) is 1. The molecule has 0 saturated heterocycles. The summed E-state index contributed by atoms with van der Waals surface area (Å²) in [5.41, 5.74) is 3.14. The van der Waals surface area contributed by atoms with Gasteiger partial charge in [-0.05, 0) is 49.7 Å². The highest BCUT2D eigenvalue weighted by molar-refractivity contribution is 7.89. The number of hydrogen-bond donors (Lipinski definition) is 1. The first kappa shape index (κ1) is 24.5. The van der Waals surface area contributed by atoms with Crippen LogP contribution in [0.2, 0.25) is 0 Å². The molecule has 0 unspecified atom stereocenters. The fourth-order valence-corrected chi connectivity index (χ4v) is 4.18. The zero-order valence-electron chi connectivity index (χ0n) is 19.3. The van der Waals surface area contributed by atoms with E-state index in [4.69, 9.17) is 4.74 Å². The average Bonchev–Trinajstić information content (AvgIpc) is 2.83. The van der Waals surface area contributed by atoms with Crippen LogP contribution in [0.3, 0.4) is 0 Å². The molecule has 0 aliphatic rings. The molecule has 0 fully saturated rings. The Bertz CT molecular complexity index is 1120. The van der Waals surface area contributed by atoms with Crippen LogP contribution >= 0.6 is 0 Å². The van der Waals surface area contributed by atoms with Gasteiger partial charge >= 0.3 is 0 Å². The fraction of sp³-hybridized carbons (Fsp3) is 0.296. The highest BCUT2D eigenvalue weighted by Gasteiger charge is 2.14. The zero-order valence-corrected chi connectivity index (χ0v) is 20.1. The van der Waals surface area contributed by atoms with Gasteiger partial charge in [0.25, 0.3) is 10.0 Å². The SMILES string of the molecule is CCCCCCCOc1ccc(/C(=N\NS(=O)(=O)c2ccc(C)cc2)c2ccccc2)cc1. The molecule has 0 aliphatic carbocycles. The van der Waals surface area contributed by atoms with E-state index < -0.39 is 10.0 Å². The van der Waals surface area contributed by atoms with Crippen molar-refractivity contribution in [2.75, 3.05) is 6.61 Å². The van der Waals surface area contributed by atoms with Crippen LogP contribution in [0.15, 0.2) is 88.9 Å². The van der Waals surface area contributed by atoms with E-state index in [2.05, 4.69) is 16.9 Å². The molecule has 6 heteroatoms. The number of unbranched alkanes of at least 4 members (excludes halogenated alkanes) is 4. The number of hydrogen-bond acceptors (Lipinski definition) is 4. The van der Waals surface area contributed by atoms with Crippen LogP contribution < -0.4 is 9.57 Å². The lowest BCUT2D eigenvalue weighted by molar-refractivity contribution is 0.304. The maximum absolute atomic E-state index is 12.7. The molecule has 3 rings (SSSR count). The molecule has 3 aromatic carbocycles. The standard InChI is InChI=1S/C27H32N2O3S/c1-3-4-5-6-10-21-32-25-17-15-24(16-18-25)27(23-11-8-7-9-12-23)28-29-33(30,31)26-19-13-22(2)14-20-26/h7-9,11-20,29H,3-6,10,21H2,1-2H3/b28-27-. The van der Waals surface area contributed by atoms with E-state index in [1.807, 2.05) is 61.5 Å². The van der Waals surface area contributed by atoms with Gasteiger partial charge in [0.05, 0.1) is 17.2 Å². The first-order chi connectivity index (χ1) is 16.0. The van der Waals surface area contributed by atoms with Crippen LogP contribution in [0, 0.1) is 6.92 Å². The highest BCUT2D eigenvalue weighted by atomic mass is 32.2. The third-order valence-electron chi connectivity index (χ3n) is 5.30. The molecule has 0 amide bonds. The Kier molecular flexibility index (Phi) is 9.07. The molecule has 3 aromatic rings.